The summed E-state index contributed by atoms with van der Waals surface area (Å²) in [6.07, 6.45) is 0.434. The highest BCUT2D eigenvalue weighted by Gasteiger charge is 2.23. The van der Waals surface area contributed by atoms with Crippen molar-refractivity contribution in [2.24, 2.45) is 5.92 Å². The number of nitrogens with one attached hydrogen (secondary N) is 3. The van der Waals surface area contributed by atoms with Gasteiger partial charge in [0.15, 0.2) is 0 Å². The van der Waals surface area contributed by atoms with E-state index in [0.717, 1.165) is 4.47 Å². The fourth-order valence-corrected chi connectivity index (χ4v) is 2.28. The third-order valence-corrected chi connectivity index (χ3v) is 3.75. The number of aliphatic hydroxyl groups is 2. The van der Waals surface area contributed by atoms with Gasteiger partial charge in [-0.25, -0.2) is 4.79 Å². The van der Waals surface area contributed by atoms with Crippen molar-refractivity contribution in [2.45, 2.75) is 32.4 Å². The molecule has 0 saturated carbocycles. The van der Waals surface area contributed by atoms with E-state index in [2.05, 4.69) is 31.9 Å². The van der Waals surface area contributed by atoms with E-state index in [1.807, 2.05) is 13.8 Å². The van der Waals surface area contributed by atoms with Crippen molar-refractivity contribution in [2.75, 3.05) is 18.5 Å². The van der Waals surface area contributed by atoms with E-state index in [-0.39, 0.29) is 19.1 Å². The van der Waals surface area contributed by atoms with Crippen LogP contribution in [0, 0.1) is 5.92 Å². The Morgan fingerprint density at radius 3 is 2.17 bits per heavy atom. The van der Waals surface area contributed by atoms with Crippen LogP contribution in [0.1, 0.15) is 20.3 Å². The van der Waals surface area contributed by atoms with Crippen molar-refractivity contribution in [1.82, 2.24) is 10.6 Å². The summed E-state index contributed by atoms with van der Waals surface area (Å²) in [4.78, 5) is 24.4. The Morgan fingerprint density at radius 2 is 1.67 bits per heavy atom. The van der Waals surface area contributed by atoms with Crippen molar-refractivity contribution in [3.63, 3.8) is 0 Å². The number of amides is 3. The van der Waals surface area contributed by atoms with Gasteiger partial charge in [0.05, 0.1) is 19.3 Å². The summed E-state index contributed by atoms with van der Waals surface area (Å²) < 4.78 is 0.893. The highest BCUT2D eigenvalue weighted by Crippen LogP contribution is 2.14. The van der Waals surface area contributed by atoms with Crippen LogP contribution in [0.5, 0.6) is 0 Å². The van der Waals surface area contributed by atoms with Crippen LogP contribution in [0.3, 0.4) is 0 Å². The first-order chi connectivity index (χ1) is 11.3. The van der Waals surface area contributed by atoms with Crippen molar-refractivity contribution in [1.29, 1.82) is 0 Å². The van der Waals surface area contributed by atoms with Crippen LogP contribution in [-0.2, 0) is 4.79 Å². The molecular weight excluding hydrogens is 378 g/mol. The largest absolute Gasteiger partial charge is 0.394 e. The van der Waals surface area contributed by atoms with Crippen LogP contribution in [-0.4, -0.2) is 47.4 Å². The number of carbonyl (C=O) groups excluding carboxylic acids is 2. The van der Waals surface area contributed by atoms with Gasteiger partial charge in [-0.1, -0.05) is 29.8 Å². The molecule has 0 aliphatic rings. The van der Waals surface area contributed by atoms with Gasteiger partial charge in [-0.15, -0.1) is 0 Å². The van der Waals surface area contributed by atoms with Crippen molar-refractivity contribution in [3.05, 3.63) is 28.7 Å². The number of benzene rings is 1. The van der Waals surface area contributed by atoms with E-state index in [0.29, 0.717) is 12.1 Å². The van der Waals surface area contributed by atoms with Crippen LogP contribution in [0.25, 0.3) is 0 Å². The van der Waals surface area contributed by atoms with Gasteiger partial charge in [-0.05, 0) is 36.6 Å². The Labute approximate surface area is 150 Å². The zero-order valence-electron chi connectivity index (χ0n) is 13.8. The molecule has 0 fully saturated rings. The zero-order chi connectivity index (χ0) is 18.1. The van der Waals surface area contributed by atoms with Crippen molar-refractivity contribution < 1.29 is 19.8 Å². The highest BCUT2D eigenvalue weighted by atomic mass is 79.9. The highest BCUT2D eigenvalue weighted by molar-refractivity contribution is 9.10. The molecule has 8 heteroatoms. The molecule has 24 heavy (non-hydrogen) atoms. The summed E-state index contributed by atoms with van der Waals surface area (Å²) in [5.41, 5.74) is 0.600. The van der Waals surface area contributed by atoms with Gasteiger partial charge in [-0.3, -0.25) is 4.79 Å². The molecule has 0 bridgehead atoms. The number of carbonyl (C=O) groups is 2. The molecule has 1 aromatic carbocycles. The van der Waals surface area contributed by atoms with E-state index in [9.17, 15) is 9.59 Å². The molecule has 1 rings (SSSR count). The maximum atomic E-state index is 12.3. The SMILES string of the molecule is CC(C)C[C@H](NC(=O)Nc1ccc(Br)cc1)C(=O)NC(CO)CO. The molecule has 0 spiro atoms. The van der Waals surface area contributed by atoms with Gasteiger partial charge in [-0.2, -0.15) is 0 Å². The molecule has 0 aromatic heterocycles. The van der Waals surface area contributed by atoms with Crippen LogP contribution >= 0.6 is 15.9 Å². The van der Waals surface area contributed by atoms with Crippen LogP contribution in [0.15, 0.2) is 28.7 Å². The zero-order valence-corrected chi connectivity index (χ0v) is 15.3. The van der Waals surface area contributed by atoms with Crippen LogP contribution in [0.4, 0.5) is 10.5 Å². The lowest BCUT2D eigenvalue weighted by Gasteiger charge is -2.23. The van der Waals surface area contributed by atoms with E-state index in [4.69, 9.17) is 10.2 Å². The Hall–Kier alpha value is -1.64. The maximum absolute atomic E-state index is 12.3. The maximum Gasteiger partial charge on any atom is 0.319 e. The lowest BCUT2D eigenvalue weighted by molar-refractivity contribution is -0.124. The molecule has 1 aromatic rings. The Morgan fingerprint density at radius 1 is 1.08 bits per heavy atom. The van der Waals surface area contributed by atoms with Gasteiger partial charge in [0.2, 0.25) is 5.91 Å². The summed E-state index contributed by atoms with van der Waals surface area (Å²) in [6, 6.07) is 5.04. The fourth-order valence-electron chi connectivity index (χ4n) is 2.01. The number of anilines is 1. The Bertz CT molecular complexity index is 533. The third-order valence-electron chi connectivity index (χ3n) is 3.22. The van der Waals surface area contributed by atoms with Gasteiger partial charge in [0, 0.05) is 10.2 Å². The average Bonchev–Trinajstić information content (AvgIpc) is 2.53. The van der Waals surface area contributed by atoms with E-state index < -0.39 is 24.0 Å². The topological polar surface area (TPSA) is 111 Å². The van der Waals surface area contributed by atoms with Crippen molar-refractivity contribution in [3.8, 4) is 0 Å². The van der Waals surface area contributed by atoms with E-state index in [1.165, 1.54) is 0 Å². The van der Waals surface area contributed by atoms with Crippen LogP contribution in [0.2, 0.25) is 0 Å². The smallest absolute Gasteiger partial charge is 0.319 e. The molecule has 5 N–H and O–H groups in total. The molecule has 3 amide bonds. The van der Waals surface area contributed by atoms with Crippen LogP contribution < -0.4 is 16.0 Å². The lowest BCUT2D eigenvalue weighted by Crippen LogP contribution is -2.52. The summed E-state index contributed by atoms with van der Waals surface area (Å²) in [5.74, 6) is -0.266. The van der Waals surface area contributed by atoms with Gasteiger partial charge < -0.3 is 26.2 Å². The lowest BCUT2D eigenvalue weighted by atomic mass is 10.0. The second kappa shape index (κ2) is 10.3. The molecular formula is C16H24BrN3O4. The first-order valence-electron chi connectivity index (χ1n) is 7.70. The normalized spacial score (nSPS) is 12.1. The molecule has 0 saturated heterocycles. The van der Waals surface area contributed by atoms with E-state index >= 15 is 0 Å². The molecule has 134 valence electrons. The second-order valence-electron chi connectivity index (χ2n) is 5.86. The fraction of sp³-hybridized carbons (Fsp3) is 0.500. The number of halogens is 1. The molecule has 7 nitrogen and oxygen atoms in total. The average molecular weight is 402 g/mol. The third kappa shape index (κ3) is 7.29. The summed E-state index contributed by atoms with van der Waals surface area (Å²) in [6.45, 7) is 3.12. The quantitative estimate of drug-likeness (QED) is 0.453. The molecule has 0 aliphatic carbocycles. The van der Waals surface area contributed by atoms with Gasteiger partial charge in [0.1, 0.15) is 6.04 Å². The molecule has 1 atom stereocenters. The second-order valence-corrected chi connectivity index (χ2v) is 6.77. The molecule has 0 unspecified atom stereocenters. The number of urea groups is 1. The minimum absolute atomic E-state index is 0.176. The Kier molecular flexibility index (Phi) is 8.73. The summed E-state index contributed by atoms with van der Waals surface area (Å²) in [7, 11) is 0. The number of aliphatic hydroxyl groups excluding tert-OH is 2. The Balaban J connectivity index is 2.68. The van der Waals surface area contributed by atoms with Gasteiger partial charge >= 0.3 is 6.03 Å². The molecule has 0 aliphatic heterocycles. The first kappa shape index (κ1) is 20.4. The predicted octanol–water partition coefficient (Wildman–Crippen LogP) is 1.45. The number of rotatable bonds is 8. The number of hydrogen-bond donors (Lipinski definition) is 5. The molecule has 0 radical (unpaired) electrons. The minimum Gasteiger partial charge on any atom is -0.394 e. The first-order valence-corrected chi connectivity index (χ1v) is 8.50. The van der Waals surface area contributed by atoms with E-state index in [1.54, 1.807) is 24.3 Å². The monoisotopic (exact) mass is 401 g/mol. The number of hydrogen-bond acceptors (Lipinski definition) is 4. The summed E-state index contributed by atoms with van der Waals surface area (Å²) in [5, 5.41) is 25.9. The standard InChI is InChI=1S/C16H24BrN3O4/c1-10(2)7-14(15(23)18-13(8-21)9-22)20-16(24)19-12-5-3-11(17)4-6-12/h3-6,10,13-14,21-22H,7-9H2,1-2H3,(H,18,23)(H2,19,20,24)/t14-/m0/s1. The summed E-state index contributed by atoms with van der Waals surface area (Å²) >= 11 is 3.31. The van der Waals surface area contributed by atoms with Gasteiger partial charge in [0.25, 0.3) is 0 Å². The predicted molar refractivity (Wildman–Crippen MR) is 95.6 cm³/mol. The minimum atomic E-state index is -0.763. The molecule has 0 heterocycles. The van der Waals surface area contributed by atoms with Crippen molar-refractivity contribution >= 4 is 33.6 Å².